The Labute approximate surface area is 153 Å². The first-order valence-corrected chi connectivity index (χ1v) is 10.0. The number of rotatable bonds is 8. The minimum absolute atomic E-state index is 0.140. The van der Waals surface area contributed by atoms with Crippen molar-refractivity contribution >= 4 is 38.5 Å². The fourth-order valence-corrected chi connectivity index (χ4v) is 3.12. The van der Waals surface area contributed by atoms with E-state index in [0.717, 1.165) is 25.0 Å². The quantitative estimate of drug-likeness (QED) is 0.538. The number of hydrogen-bond acceptors (Lipinski definition) is 6. The molecule has 0 amide bonds. The minimum atomic E-state index is -3.51. The second kappa shape index (κ2) is 8.05. The third-order valence-electron chi connectivity index (χ3n) is 3.77. The largest absolute Gasteiger partial charge is 0.372 e. The van der Waals surface area contributed by atoms with E-state index < -0.39 is 14.9 Å². The van der Waals surface area contributed by atoms with Crippen LogP contribution in [0.15, 0.2) is 42.5 Å². The molecule has 0 atom stereocenters. The lowest BCUT2D eigenvalue weighted by Gasteiger charge is -2.21. The number of hydrogen-bond donors (Lipinski definition) is 2. The smallest absolute Gasteiger partial charge is 0.294 e. The average Bonchev–Trinajstić information content (AvgIpc) is 2.57. The Balaban J connectivity index is 2.27. The third kappa shape index (κ3) is 5.09. The van der Waals surface area contributed by atoms with E-state index >= 15 is 0 Å². The topological polar surface area (TPSA) is 105 Å². The van der Waals surface area contributed by atoms with Gasteiger partial charge in [-0.3, -0.25) is 14.8 Å². The Bertz CT molecular complexity index is 878. The van der Waals surface area contributed by atoms with E-state index in [2.05, 4.69) is 28.8 Å². The van der Waals surface area contributed by atoms with Gasteiger partial charge >= 0.3 is 0 Å². The zero-order valence-electron chi connectivity index (χ0n) is 14.9. The van der Waals surface area contributed by atoms with Gasteiger partial charge in [-0.15, -0.1) is 0 Å². The lowest BCUT2D eigenvalue weighted by molar-refractivity contribution is -0.383. The SMILES string of the molecule is CCN(CC)c1ccc(Nc2ccc(NS(C)(=O)=O)cc2[N+](=O)[O-])cc1. The lowest BCUT2D eigenvalue weighted by atomic mass is 10.2. The molecule has 0 heterocycles. The van der Waals surface area contributed by atoms with Crippen molar-refractivity contribution in [1.82, 2.24) is 0 Å². The zero-order chi connectivity index (χ0) is 19.3. The van der Waals surface area contributed by atoms with Crippen molar-refractivity contribution in [3.63, 3.8) is 0 Å². The first-order chi connectivity index (χ1) is 12.2. The zero-order valence-corrected chi connectivity index (χ0v) is 15.7. The van der Waals surface area contributed by atoms with Gasteiger partial charge in [0.1, 0.15) is 5.69 Å². The molecule has 8 nitrogen and oxygen atoms in total. The van der Waals surface area contributed by atoms with Gasteiger partial charge in [0, 0.05) is 30.5 Å². The molecule has 0 aromatic heterocycles. The highest BCUT2D eigenvalue weighted by molar-refractivity contribution is 7.92. The molecule has 2 aromatic carbocycles. The number of nitrogens with one attached hydrogen (secondary N) is 2. The highest BCUT2D eigenvalue weighted by Gasteiger charge is 2.16. The molecule has 0 saturated heterocycles. The number of nitrogens with zero attached hydrogens (tertiary/aromatic N) is 2. The van der Waals surface area contributed by atoms with Crippen molar-refractivity contribution in [3.05, 3.63) is 52.6 Å². The molecule has 0 saturated carbocycles. The molecule has 2 rings (SSSR count). The van der Waals surface area contributed by atoms with Crippen LogP contribution in [0.3, 0.4) is 0 Å². The summed E-state index contributed by atoms with van der Waals surface area (Å²) in [5.41, 5.74) is 1.98. The van der Waals surface area contributed by atoms with Gasteiger partial charge in [0.15, 0.2) is 0 Å². The molecule has 140 valence electrons. The van der Waals surface area contributed by atoms with Crippen molar-refractivity contribution in [1.29, 1.82) is 0 Å². The summed E-state index contributed by atoms with van der Waals surface area (Å²) >= 11 is 0. The van der Waals surface area contributed by atoms with Crippen LogP contribution in [-0.4, -0.2) is 32.7 Å². The maximum Gasteiger partial charge on any atom is 0.294 e. The summed E-state index contributed by atoms with van der Waals surface area (Å²) in [6.45, 7) is 5.93. The van der Waals surface area contributed by atoms with Crippen molar-refractivity contribution < 1.29 is 13.3 Å². The monoisotopic (exact) mass is 378 g/mol. The average molecular weight is 378 g/mol. The van der Waals surface area contributed by atoms with Crippen molar-refractivity contribution in [2.24, 2.45) is 0 Å². The first kappa shape index (κ1) is 19.5. The Hall–Kier alpha value is -2.81. The Kier molecular flexibility index (Phi) is 6.04. The summed E-state index contributed by atoms with van der Waals surface area (Å²) in [5.74, 6) is 0. The molecular formula is C17H22N4O4S. The van der Waals surface area contributed by atoms with Crippen LogP contribution in [0.2, 0.25) is 0 Å². The highest BCUT2D eigenvalue weighted by atomic mass is 32.2. The standard InChI is InChI=1S/C17H22N4O4S/c1-4-20(5-2)15-9-6-13(7-10-15)18-16-11-8-14(19-26(3,24)25)12-17(16)21(22)23/h6-12,18-19H,4-5H2,1-3H3. The molecule has 2 aromatic rings. The fraction of sp³-hybridized carbons (Fsp3) is 0.294. The van der Waals surface area contributed by atoms with Gasteiger partial charge in [0.2, 0.25) is 10.0 Å². The van der Waals surface area contributed by atoms with E-state index in [1.807, 2.05) is 24.3 Å². The predicted molar refractivity (Wildman–Crippen MR) is 105 cm³/mol. The molecule has 26 heavy (non-hydrogen) atoms. The van der Waals surface area contributed by atoms with Crippen molar-refractivity contribution in [2.75, 3.05) is 34.3 Å². The van der Waals surface area contributed by atoms with Crippen LogP contribution >= 0.6 is 0 Å². The molecule has 0 aliphatic heterocycles. The number of nitro benzene ring substituents is 1. The van der Waals surface area contributed by atoms with Crippen molar-refractivity contribution in [3.8, 4) is 0 Å². The van der Waals surface area contributed by atoms with Crippen LogP contribution in [0.1, 0.15) is 13.8 Å². The summed E-state index contributed by atoms with van der Waals surface area (Å²) < 4.78 is 24.8. The van der Waals surface area contributed by atoms with Crippen LogP contribution in [-0.2, 0) is 10.0 Å². The number of sulfonamides is 1. The van der Waals surface area contributed by atoms with Crippen LogP contribution in [0, 0.1) is 10.1 Å². The summed E-state index contributed by atoms with van der Waals surface area (Å²) in [4.78, 5) is 13.0. The predicted octanol–water partition coefficient (Wildman–Crippen LogP) is 3.56. The molecule has 0 aliphatic rings. The molecular weight excluding hydrogens is 356 g/mol. The van der Waals surface area contributed by atoms with Gasteiger partial charge in [0.25, 0.3) is 5.69 Å². The summed E-state index contributed by atoms with van der Waals surface area (Å²) in [5, 5.41) is 14.3. The van der Waals surface area contributed by atoms with E-state index in [1.165, 1.54) is 18.2 Å². The van der Waals surface area contributed by atoms with E-state index in [9.17, 15) is 18.5 Å². The highest BCUT2D eigenvalue weighted by Crippen LogP contribution is 2.31. The second-order valence-electron chi connectivity index (χ2n) is 5.71. The maximum absolute atomic E-state index is 11.3. The summed E-state index contributed by atoms with van der Waals surface area (Å²) in [6, 6.07) is 11.7. The van der Waals surface area contributed by atoms with Crippen LogP contribution < -0.4 is 14.9 Å². The third-order valence-corrected chi connectivity index (χ3v) is 4.38. The number of anilines is 4. The van der Waals surface area contributed by atoms with Gasteiger partial charge < -0.3 is 10.2 Å². The molecule has 0 unspecified atom stereocenters. The normalized spacial score (nSPS) is 11.0. The molecule has 9 heteroatoms. The fourth-order valence-electron chi connectivity index (χ4n) is 2.57. The van der Waals surface area contributed by atoms with Gasteiger partial charge in [-0.05, 0) is 50.2 Å². The molecule has 0 radical (unpaired) electrons. The molecule has 0 fully saturated rings. The molecule has 0 bridgehead atoms. The van der Waals surface area contributed by atoms with Gasteiger partial charge in [-0.2, -0.15) is 0 Å². The van der Waals surface area contributed by atoms with Crippen molar-refractivity contribution in [2.45, 2.75) is 13.8 Å². The first-order valence-electron chi connectivity index (χ1n) is 8.11. The molecule has 0 aliphatic carbocycles. The van der Waals surface area contributed by atoms with Crippen LogP contribution in [0.25, 0.3) is 0 Å². The summed E-state index contributed by atoms with van der Waals surface area (Å²) in [6.07, 6.45) is 0.989. The lowest BCUT2D eigenvalue weighted by Crippen LogP contribution is -2.21. The van der Waals surface area contributed by atoms with E-state index in [4.69, 9.17) is 0 Å². The van der Waals surface area contributed by atoms with Crippen LogP contribution in [0.5, 0.6) is 0 Å². The van der Waals surface area contributed by atoms with Gasteiger partial charge in [-0.25, -0.2) is 8.42 Å². The summed E-state index contributed by atoms with van der Waals surface area (Å²) in [7, 11) is -3.51. The van der Waals surface area contributed by atoms with E-state index in [1.54, 1.807) is 0 Å². The number of nitro groups is 1. The van der Waals surface area contributed by atoms with Gasteiger partial charge in [-0.1, -0.05) is 0 Å². The second-order valence-corrected chi connectivity index (χ2v) is 7.46. The maximum atomic E-state index is 11.3. The van der Waals surface area contributed by atoms with Crippen LogP contribution in [0.4, 0.5) is 28.4 Å². The Morgan fingerprint density at radius 2 is 1.62 bits per heavy atom. The molecule has 0 spiro atoms. The number of benzene rings is 2. The van der Waals surface area contributed by atoms with E-state index in [0.29, 0.717) is 5.69 Å². The minimum Gasteiger partial charge on any atom is -0.372 e. The van der Waals surface area contributed by atoms with E-state index in [-0.39, 0.29) is 17.1 Å². The Morgan fingerprint density at radius 3 is 2.12 bits per heavy atom. The Morgan fingerprint density at radius 1 is 1.04 bits per heavy atom. The molecule has 2 N–H and O–H groups in total. The van der Waals surface area contributed by atoms with Gasteiger partial charge in [0.05, 0.1) is 16.9 Å².